The van der Waals surface area contributed by atoms with Crippen molar-refractivity contribution < 1.29 is 0 Å². The van der Waals surface area contributed by atoms with Crippen molar-refractivity contribution in [1.82, 2.24) is 9.27 Å². The highest BCUT2D eigenvalue weighted by atomic mass is 32.1. The fraction of sp³-hybridized carbons (Fsp3) is 0.435. The summed E-state index contributed by atoms with van der Waals surface area (Å²) in [6.07, 6.45) is 2.45. The molecule has 2 aromatic carbocycles. The first-order chi connectivity index (χ1) is 12.9. The summed E-state index contributed by atoms with van der Waals surface area (Å²) in [4.78, 5) is 2.57. The highest BCUT2D eigenvalue weighted by Gasteiger charge is 2.23. The van der Waals surface area contributed by atoms with E-state index in [1.165, 1.54) is 47.3 Å². The molecule has 0 saturated carbocycles. The zero-order valence-electron chi connectivity index (χ0n) is 16.6. The van der Waals surface area contributed by atoms with Gasteiger partial charge in [0.1, 0.15) is 0 Å². The Morgan fingerprint density at radius 1 is 0.885 bits per heavy atom. The van der Waals surface area contributed by atoms with Crippen LogP contribution in [0.2, 0.25) is 0 Å². The molecule has 3 heteroatoms. The normalized spacial score (nSPS) is 14.9. The molecule has 0 aliphatic carbocycles. The summed E-state index contributed by atoms with van der Waals surface area (Å²) >= 11 is 1.65. The van der Waals surface area contributed by atoms with E-state index in [9.17, 15) is 0 Å². The smallest absolute Gasteiger partial charge is 0.0652 e. The van der Waals surface area contributed by atoms with E-state index in [-0.39, 0.29) is 0 Å². The molecule has 1 aliphatic heterocycles. The lowest BCUT2D eigenvalue weighted by Crippen LogP contribution is -2.32. The molecule has 1 aliphatic rings. The summed E-state index contributed by atoms with van der Waals surface area (Å²) in [6.45, 7) is 11.4. The van der Waals surface area contributed by atoms with Crippen molar-refractivity contribution in [2.24, 2.45) is 0 Å². The van der Waals surface area contributed by atoms with E-state index < -0.39 is 0 Å². The van der Waals surface area contributed by atoms with Crippen LogP contribution in [-0.2, 0) is 6.54 Å². The lowest BCUT2D eigenvalue weighted by atomic mass is 9.91. The van der Waals surface area contributed by atoms with Crippen LogP contribution in [0.3, 0.4) is 0 Å². The molecule has 0 unspecified atom stereocenters. The zero-order valence-corrected chi connectivity index (χ0v) is 17.4. The predicted octanol–water partition coefficient (Wildman–Crippen LogP) is 6.73. The molecule has 3 aromatic rings. The Kier molecular flexibility index (Phi) is 8.79. The highest BCUT2D eigenvalue weighted by molar-refractivity contribution is 7.13. The SMILES string of the molecule is CC.CC.c1ccc(CN2CCC(c3nsc4ccccc34)CC2)cc1. The molecular formula is C23H32N2S. The van der Waals surface area contributed by atoms with Crippen molar-refractivity contribution >= 4 is 21.6 Å². The molecule has 0 atom stereocenters. The Morgan fingerprint density at radius 3 is 2.19 bits per heavy atom. The standard InChI is InChI=1S/C19H20N2S.2C2H6/c1-2-6-15(7-3-1)14-21-12-10-16(11-13-21)19-17-8-4-5-9-18(17)22-20-19;2*1-2/h1-9,16H,10-14H2;2*1-2H3. The van der Waals surface area contributed by atoms with E-state index in [0.29, 0.717) is 5.92 Å². The first-order valence-corrected chi connectivity index (χ1v) is 10.8. The van der Waals surface area contributed by atoms with Gasteiger partial charge in [-0.05, 0) is 49.1 Å². The maximum atomic E-state index is 4.75. The van der Waals surface area contributed by atoms with Gasteiger partial charge in [-0.3, -0.25) is 4.90 Å². The monoisotopic (exact) mass is 368 g/mol. The summed E-state index contributed by atoms with van der Waals surface area (Å²) in [7, 11) is 0. The average molecular weight is 369 g/mol. The van der Waals surface area contributed by atoms with Gasteiger partial charge in [-0.25, -0.2) is 0 Å². The first-order valence-electron chi connectivity index (χ1n) is 10.0. The number of piperidine rings is 1. The minimum absolute atomic E-state index is 0.628. The molecule has 0 amide bonds. The van der Waals surface area contributed by atoms with Gasteiger partial charge < -0.3 is 0 Å². The van der Waals surface area contributed by atoms with Crippen molar-refractivity contribution in [2.45, 2.75) is 53.0 Å². The number of fused-ring (bicyclic) bond motifs is 1. The molecule has 0 radical (unpaired) electrons. The third kappa shape index (κ3) is 5.15. The number of likely N-dealkylation sites (tertiary alicyclic amines) is 1. The number of nitrogens with zero attached hydrogens (tertiary/aromatic N) is 2. The maximum Gasteiger partial charge on any atom is 0.0652 e. The van der Waals surface area contributed by atoms with Gasteiger partial charge in [0.05, 0.1) is 10.4 Å². The molecule has 0 N–H and O–H groups in total. The van der Waals surface area contributed by atoms with Crippen molar-refractivity contribution in [3.8, 4) is 0 Å². The van der Waals surface area contributed by atoms with Gasteiger partial charge in [-0.15, -0.1) is 0 Å². The molecule has 1 aromatic heterocycles. The molecule has 0 spiro atoms. The largest absolute Gasteiger partial charge is 0.299 e. The number of rotatable bonds is 3. The Hall–Kier alpha value is -1.71. The van der Waals surface area contributed by atoms with Gasteiger partial charge in [-0.1, -0.05) is 76.2 Å². The fourth-order valence-corrected chi connectivity index (χ4v) is 4.26. The summed E-state index contributed by atoms with van der Waals surface area (Å²) in [5, 5.41) is 1.37. The fourth-order valence-electron chi connectivity index (χ4n) is 3.41. The van der Waals surface area contributed by atoms with Gasteiger partial charge in [0.15, 0.2) is 0 Å². The van der Waals surface area contributed by atoms with Crippen LogP contribution < -0.4 is 0 Å². The topological polar surface area (TPSA) is 16.1 Å². The average Bonchev–Trinajstić information content (AvgIpc) is 3.17. The van der Waals surface area contributed by atoms with Crippen LogP contribution in [0.15, 0.2) is 54.6 Å². The first kappa shape index (κ1) is 20.6. The van der Waals surface area contributed by atoms with Crippen LogP contribution >= 0.6 is 11.5 Å². The van der Waals surface area contributed by atoms with E-state index in [0.717, 1.165) is 6.54 Å². The second-order valence-corrected chi connectivity index (χ2v) is 6.90. The van der Waals surface area contributed by atoms with E-state index in [2.05, 4.69) is 59.5 Å². The lowest BCUT2D eigenvalue weighted by molar-refractivity contribution is 0.204. The molecule has 140 valence electrons. The van der Waals surface area contributed by atoms with Gasteiger partial charge in [0.2, 0.25) is 0 Å². The number of aromatic nitrogens is 1. The van der Waals surface area contributed by atoms with Gasteiger partial charge in [0, 0.05) is 17.8 Å². The van der Waals surface area contributed by atoms with E-state index in [4.69, 9.17) is 4.37 Å². The summed E-state index contributed by atoms with van der Waals surface area (Å²) < 4.78 is 6.07. The van der Waals surface area contributed by atoms with Gasteiger partial charge >= 0.3 is 0 Å². The molecule has 2 heterocycles. The highest BCUT2D eigenvalue weighted by Crippen LogP contribution is 2.34. The summed E-state index contributed by atoms with van der Waals surface area (Å²) in [6, 6.07) is 19.4. The molecule has 1 saturated heterocycles. The van der Waals surface area contributed by atoms with Crippen LogP contribution in [-0.4, -0.2) is 22.4 Å². The van der Waals surface area contributed by atoms with Crippen molar-refractivity contribution in [3.63, 3.8) is 0 Å². The Balaban J connectivity index is 0.000000570. The second-order valence-electron chi connectivity index (χ2n) is 6.10. The van der Waals surface area contributed by atoms with Crippen LogP contribution in [0.25, 0.3) is 10.1 Å². The van der Waals surface area contributed by atoms with Gasteiger partial charge in [0.25, 0.3) is 0 Å². The van der Waals surface area contributed by atoms with Gasteiger partial charge in [-0.2, -0.15) is 4.37 Å². The number of hydrogen-bond acceptors (Lipinski definition) is 3. The minimum Gasteiger partial charge on any atom is -0.299 e. The maximum absolute atomic E-state index is 4.75. The molecular weight excluding hydrogens is 336 g/mol. The molecule has 26 heavy (non-hydrogen) atoms. The molecule has 0 bridgehead atoms. The minimum atomic E-state index is 0.628. The number of hydrogen-bond donors (Lipinski definition) is 0. The van der Waals surface area contributed by atoms with E-state index in [1.807, 2.05) is 27.7 Å². The zero-order chi connectivity index (χ0) is 18.8. The van der Waals surface area contributed by atoms with Crippen LogP contribution in [0.1, 0.15) is 57.7 Å². The van der Waals surface area contributed by atoms with Crippen molar-refractivity contribution in [3.05, 3.63) is 65.9 Å². The Labute approximate surface area is 163 Å². The Bertz CT molecular complexity index is 743. The third-order valence-corrected chi connectivity index (χ3v) is 5.47. The quantitative estimate of drug-likeness (QED) is 0.509. The summed E-state index contributed by atoms with van der Waals surface area (Å²) in [5.41, 5.74) is 2.75. The van der Waals surface area contributed by atoms with Crippen molar-refractivity contribution in [2.75, 3.05) is 13.1 Å². The number of benzene rings is 2. The second kappa shape index (κ2) is 11.1. The van der Waals surface area contributed by atoms with Crippen LogP contribution in [0.4, 0.5) is 0 Å². The lowest BCUT2D eigenvalue weighted by Gasteiger charge is -2.31. The molecule has 1 fully saturated rings. The van der Waals surface area contributed by atoms with E-state index in [1.54, 1.807) is 11.5 Å². The van der Waals surface area contributed by atoms with Crippen molar-refractivity contribution in [1.29, 1.82) is 0 Å². The van der Waals surface area contributed by atoms with Crippen LogP contribution in [0, 0.1) is 0 Å². The molecule has 4 rings (SSSR count). The van der Waals surface area contributed by atoms with E-state index >= 15 is 0 Å². The molecule has 2 nitrogen and oxygen atoms in total. The summed E-state index contributed by atoms with van der Waals surface area (Å²) in [5.74, 6) is 0.628. The van der Waals surface area contributed by atoms with Crippen LogP contribution in [0.5, 0.6) is 0 Å². The third-order valence-electron chi connectivity index (χ3n) is 4.63. The Morgan fingerprint density at radius 2 is 1.50 bits per heavy atom. The predicted molar refractivity (Wildman–Crippen MR) is 116 cm³/mol.